The van der Waals surface area contributed by atoms with Gasteiger partial charge in [-0.1, -0.05) is 11.3 Å². The van der Waals surface area contributed by atoms with E-state index in [0.717, 1.165) is 20.1 Å². The molecule has 3 heterocycles. The van der Waals surface area contributed by atoms with Crippen LogP contribution in [0.2, 0.25) is 0 Å². The number of aryl methyl sites for hydroxylation is 1. The fraction of sp³-hybridized carbons (Fsp3) is 0.0833. The largest absolute Gasteiger partial charge is 0.274 e. The molecule has 17 heavy (non-hydrogen) atoms. The highest BCUT2D eigenvalue weighted by Crippen LogP contribution is 2.23. The Hall–Kier alpha value is -1.59. The molecule has 0 radical (unpaired) electrons. The van der Waals surface area contributed by atoms with Gasteiger partial charge in [-0.2, -0.15) is 0 Å². The van der Waals surface area contributed by atoms with E-state index in [-0.39, 0.29) is 0 Å². The highest BCUT2D eigenvalue weighted by molar-refractivity contribution is 7.73. The molecule has 0 saturated heterocycles. The summed E-state index contributed by atoms with van der Waals surface area (Å²) in [5, 5.41) is 0. The highest BCUT2D eigenvalue weighted by atomic mass is 32.1. The maximum Gasteiger partial charge on any atom is 0.169 e. The molecule has 3 aromatic rings. The van der Waals surface area contributed by atoms with Crippen molar-refractivity contribution in [1.82, 2.24) is 14.5 Å². The number of thiazole rings is 1. The topological polar surface area (TPSA) is 30.7 Å². The summed E-state index contributed by atoms with van der Waals surface area (Å²) < 4.78 is 2.74. The lowest BCUT2D eigenvalue weighted by Crippen LogP contribution is -1.97. The molecule has 0 bridgehead atoms. The van der Waals surface area contributed by atoms with Gasteiger partial charge in [0.25, 0.3) is 0 Å². The predicted octanol–water partition coefficient (Wildman–Crippen LogP) is 3.52. The van der Waals surface area contributed by atoms with Crippen LogP contribution < -0.4 is 0 Å². The first kappa shape index (κ1) is 10.6. The molecule has 0 aliphatic heterocycles. The third kappa shape index (κ3) is 1.77. The van der Waals surface area contributed by atoms with Crippen molar-refractivity contribution in [2.24, 2.45) is 0 Å². The van der Waals surface area contributed by atoms with Gasteiger partial charge in [0, 0.05) is 12.4 Å². The Morgan fingerprint density at radius 2 is 2.12 bits per heavy atom. The quantitative estimate of drug-likeness (QED) is 0.626. The van der Waals surface area contributed by atoms with E-state index >= 15 is 0 Å². The highest BCUT2D eigenvalue weighted by Gasteiger charge is 2.08. The van der Waals surface area contributed by atoms with Crippen molar-refractivity contribution < 1.29 is 0 Å². The van der Waals surface area contributed by atoms with Crippen LogP contribution >= 0.6 is 23.6 Å². The molecule has 84 valence electrons. The van der Waals surface area contributed by atoms with Gasteiger partial charge in [-0.3, -0.25) is 4.57 Å². The fourth-order valence-corrected chi connectivity index (χ4v) is 2.97. The van der Waals surface area contributed by atoms with E-state index in [1.165, 1.54) is 16.9 Å². The lowest BCUT2D eigenvalue weighted by Gasteiger charge is -2.03. The minimum atomic E-state index is 0.775. The Balaban J connectivity index is 2.37. The zero-order valence-electron chi connectivity index (χ0n) is 9.12. The van der Waals surface area contributed by atoms with Gasteiger partial charge in [0.05, 0.1) is 5.52 Å². The van der Waals surface area contributed by atoms with Gasteiger partial charge in [0.15, 0.2) is 3.95 Å². The third-order valence-corrected chi connectivity index (χ3v) is 3.79. The average molecular weight is 259 g/mol. The molecule has 0 aliphatic carbocycles. The Morgan fingerprint density at radius 3 is 2.94 bits per heavy atom. The standard InChI is InChI=1S/C12H9N3S2/c1-8-4-6-13-10(7-8)15-9-3-2-5-14-11(9)17-12(15)16/h2-7H,1H3. The van der Waals surface area contributed by atoms with Crippen molar-refractivity contribution in [3.8, 4) is 5.82 Å². The molecule has 0 unspecified atom stereocenters. The van der Waals surface area contributed by atoms with Gasteiger partial charge in [-0.15, -0.1) is 0 Å². The van der Waals surface area contributed by atoms with Gasteiger partial charge in [0.2, 0.25) is 0 Å². The molecular weight excluding hydrogens is 250 g/mol. The fourth-order valence-electron chi connectivity index (χ4n) is 1.72. The monoisotopic (exact) mass is 259 g/mol. The van der Waals surface area contributed by atoms with Gasteiger partial charge in [-0.25, -0.2) is 9.97 Å². The summed E-state index contributed by atoms with van der Waals surface area (Å²) in [7, 11) is 0. The van der Waals surface area contributed by atoms with Crippen molar-refractivity contribution in [2.45, 2.75) is 6.92 Å². The summed E-state index contributed by atoms with van der Waals surface area (Å²) >= 11 is 6.89. The van der Waals surface area contributed by atoms with E-state index in [0.29, 0.717) is 0 Å². The number of aromatic nitrogens is 3. The van der Waals surface area contributed by atoms with Crippen LogP contribution in [-0.2, 0) is 0 Å². The molecule has 3 rings (SSSR count). The van der Waals surface area contributed by atoms with Crippen LogP contribution in [0.1, 0.15) is 5.56 Å². The summed E-state index contributed by atoms with van der Waals surface area (Å²) in [6.45, 7) is 2.04. The number of hydrogen-bond acceptors (Lipinski definition) is 4. The smallest absolute Gasteiger partial charge is 0.169 e. The van der Waals surface area contributed by atoms with E-state index in [1.54, 1.807) is 12.4 Å². The predicted molar refractivity (Wildman–Crippen MR) is 72.3 cm³/mol. The van der Waals surface area contributed by atoms with Crippen molar-refractivity contribution >= 4 is 33.9 Å². The zero-order valence-corrected chi connectivity index (χ0v) is 10.8. The Labute approximate surface area is 107 Å². The van der Waals surface area contributed by atoms with E-state index < -0.39 is 0 Å². The van der Waals surface area contributed by atoms with Crippen molar-refractivity contribution in [2.75, 3.05) is 0 Å². The second kappa shape index (κ2) is 4.01. The van der Waals surface area contributed by atoms with Gasteiger partial charge >= 0.3 is 0 Å². The molecule has 3 aromatic heterocycles. The normalized spacial score (nSPS) is 10.9. The first-order valence-corrected chi connectivity index (χ1v) is 6.38. The summed E-state index contributed by atoms with van der Waals surface area (Å²) in [5.74, 6) is 0.856. The van der Waals surface area contributed by atoms with E-state index in [1.807, 2.05) is 35.8 Å². The average Bonchev–Trinajstić information content (AvgIpc) is 2.64. The first-order chi connectivity index (χ1) is 8.25. The molecule has 0 fully saturated rings. The van der Waals surface area contributed by atoms with Crippen LogP contribution in [0.5, 0.6) is 0 Å². The molecule has 0 saturated carbocycles. The number of nitrogens with zero attached hydrogens (tertiary/aromatic N) is 3. The van der Waals surface area contributed by atoms with Crippen LogP contribution in [-0.4, -0.2) is 14.5 Å². The number of pyridine rings is 2. The van der Waals surface area contributed by atoms with E-state index in [4.69, 9.17) is 12.2 Å². The Kier molecular flexibility index (Phi) is 2.49. The van der Waals surface area contributed by atoms with Crippen molar-refractivity contribution in [3.63, 3.8) is 0 Å². The van der Waals surface area contributed by atoms with Crippen LogP contribution in [0.15, 0.2) is 36.7 Å². The SMILES string of the molecule is Cc1ccnc(-n2c(=S)sc3ncccc32)c1. The lowest BCUT2D eigenvalue weighted by atomic mass is 10.3. The number of rotatable bonds is 1. The lowest BCUT2D eigenvalue weighted by molar-refractivity contribution is 1.03. The summed E-state index contributed by atoms with van der Waals surface area (Å²) in [5.41, 5.74) is 2.18. The molecule has 5 heteroatoms. The summed E-state index contributed by atoms with van der Waals surface area (Å²) in [4.78, 5) is 9.63. The van der Waals surface area contributed by atoms with Crippen LogP contribution in [0, 0.1) is 10.9 Å². The molecule has 0 spiro atoms. The minimum absolute atomic E-state index is 0.775. The van der Waals surface area contributed by atoms with Crippen molar-refractivity contribution in [1.29, 1.82) is 0 Å². The second-order valence-corrected chi connectivity index (χ2v) is 5.35. The first-order valence-electron chi connectivity index (χ1n) is 5.15. The molecule has 0 aromatic carbocycles. The van der Waals surface area contributed by atoms with Crippen LogP contribution in [0.4, 0.5) is 0 Å². The number of hydrogen-bond donors (Lipinski definition) is 0. The molecule has 0 aliphatic rings. The summed E-state index contributed by atoms with van der Waals surface area (Å²) in [6.07, 6.45) is 3.58. The Morgan fingerprint density at radius 1 is 1.24 bits per heavy atom. The van der Waals surface area contributed by atoms with Crippen LogP contribution in [0.3, 0.4) is 0 Å². The summed E-state index contributed by atoms with van der Waals surface area (Å²) in [6, 6.07) is 7.92. The molecule has 0 atom stereocenters. The maximum atomic E-state index is 5.38. The molecular formula is C12H9N3S2. The van der Waals surface area contributed by atoms with E-state index in [2.05, 4.69) is 9.97 Å². The minimum Gasteiger partial charge on any atom is -0.274 e. The molecule has 0 N–H and O–H groups in total. The van der Waals surface area contributed by atoms with Crippen LogP contribution in [0.25, 0.3) is 16.2 Å². The van der Waals surface area contributed by atoms with E-state index in [9.17, 15) is 0 Å². The second-order valence-electron chi connectivity index (χ2n) is 3.72. The van der Waals surface area contributed by atoms with Crippen molar-refractivity contribution in [3.05, 3.63) is 46.2 Å². The maximum absolute atomic E-state index is 5.38. The van der Waals surface area contributed by atoms with Gasteiger partial charge < -0.3 is 0 Å². The van der Waals surface area contributed by atoms with Gasteiger partial charge in [0.1, 0.15) is 10.6 Å². The number of fused-ring (bicyclic) bond motifs is 1. The Bertz CT molecular complexity index is 743. The molecule has 0 amide bonds. The zero-order chi connectivity index (χ0) is 11.8. The van der Waals surface area contributed by atoms with Gasteiger partial charge in [-0.05, 0) is 49.0 Å². The third-order valence-electron chi connectivity index (χ3n) is 2.49. The molecule has 3 nitrogen and oxygen atoms in total.